The van der Waals surface area contributed by atoms with Crippen LogP contribution < -0.4 is 5.32 Å². The minimum absolute atomic E-state index is 0.0916. The molecule has 1 atom stereocenters. The fraction of sp³-hybridized carbons (Fsp3) is 0.222. The van der Waals surface area contributed by atoms with Gasteiger partial charge in [0.1, 0.15) is 5.25 Å². The van der Waals surface area contributed by atoms with Crippen LogP contribution in [0.25, 0.3) is 0 Å². The fourth-order valence-electron chi connectivity index (χ4n) is 3.99. The maximum Gasteiger partial charge on any atom is 0.242 e. The Hall–Kier alpha value is -3.38. The van der Waals surface area contributed by atoms with Crippen LogP contribution >= 0.6 is 11.8 Å². The molecule has 2 amide bonds. The Labute approximate surface area is 198 Å². The highest BCUT2D eigenvalue weighted by Crippen LogP contribution is 2.33. The number of anilines is 1. The Kier molecular flexibility index (Phi) is 6.94. The molecule has 168 valence electrons. The summed E-state index contributed by atoms with van der Waals surface area (Å²) in [5.41, 5.74) is 5.81. The van der Waals surface area contributed by atoms with E-state index in [4.69, 9.17) is 4.99 Å². The first kappa shape index (κ1) is 22.8. The normalized spacial score (nSPS) is 16.9. The first-order valence-electron chi connectivity index (χ1n) is 10.9. The summed E-state index contributed by atoms with van der Waals surface area (Å²) in [6, 6.07) is 23.5. The van der Waals surface area contributed by atoms with Gasteiger partial charge in [-0.3, -0.25) is 14.5 Å². The van der Waals surface area contributed by atoms with E-state index in [9.17, 15) is 9.59 Å². The molecule has 6 heteroatoms. The first-order chi connectivity index (χ1) is 15.9. The molecule has 0 spiro atoms. The number of hydrogen-bond acceptors (Lipinski definition) is 4. The molecule has 0 aromatic heterocycles. The zero-order chi connectivity index (χ0) is 23.4. The third kappa shape index (κ3) is 5.52. The third-order valence-corrected chi connectivity index (χ3v) is 6.67. The second-order valence-electron chi connectivity index (χ2n) is 8.27. The van der Waals surface area contributed by atoms with Crippen molar-refractivity contribution in [3.05, 3.63) is 95.1 Å². The average molecular weight is 458 g/mol. The van der Waals surface area contributed by atoms with E-state index in [0.717, 1.165) is 33.6 Å². The molecular formula is C27H27N3O2S. The predicted octanol–water partition coefficient (Wildman–Crippen LogP) is 5.77. The van der Waals surface area contributed by atoms with Gasteiger partial charge in [-0.15, -0.1) is 0 Å². The molecule has 3 aromatic carbocycles. The van der Waals surface area contributed by atoms with Gasteiger partial charge in [0.25, 0.3) is 0 Å². The maximum atomic E-state index is 13.3. The summed E-state index contributed by atoms with van der Waals surface area (Å²) in [6.07, 6.45) is 0.0926. The molecule has 1 unspecified atom stereocenters. The standard InChI is InChI=1S/C27H27N3O2S/c1-18-14-19(2)25(20(3)15-18)29-24(31)16-23-26(32)30(17-21-10-6-4-7-11-21)27(33-23)28-22-12-8-5-9-13-22/h4-15,23H,16-17H2,1-3H3,(H,29,31). The number of carbonyl (C=O) groups is 2. The zero-order valence-corrected chi connectivity index (χ0v) is 19.9. The lowest BCUT2D eigenvalue weighted by molar-refractivity contribution is -0.128. The zero-order valence-electron chi connectivity index (χ0n) is 19.0. The summed E-state index contributed by atoms with van der Waals surface area (Å²) >= 11 is 1.36. The number of amides is 2. The summed E-state index contributed by atoms with van der Waals surface area (Å²) in [6.45, 7) is 6.43. The van der Waals surface area contributed by atoms with Crippen LogP contribution in [-0.2, 0) is 16.1 Å². The van der Waals surface area contributed by atoms with E-state index in [1.165, 1.54) is 11.8 Å². The molecule has 33 heavy (non-hydrogen) atoms. The molecule has 4 rings (SSSR count). The van der Waals surface area contributed by atoms with Gasteiger partial charge in [0.2, 0.25) is 11.8 Å². The van der Waals surface area contributed by atoms with E-state index in [2.05, 4.69) is 5.32 Å². The van der Waals surface area contributed by atoms with Crippen molar-refractivity contribution < 1.29 is 9.59 Å². The van der Waals surface area contributed by atoms with E-state index < -0.39 is 5.25 Å². The molecular weight excluding hydrogens is 430 g/mol. The largest absolute Gasteiger partial charge is 0.326 e. The van der Waals surface area contributed by atoms with Gasteiger partial charge in [0.05, 0.1) is 12.2 Å². The Morgan fingerprint density at radius 1 is 0.970 bits per heavy atom. The van der Waals surface area contributed by atoms with Gasteiger partial charge in [-0.2, -0.15) is 0 Å². The van der Waals surface area contributed by atoms with Crippen LogP contribution in [0, 0.1) is 20.8 Å². The summed E-state index contributed by atoms with van der Waals surface area (Å²) in [4.78, 5) is 32.6. The number of thioether (sulfide) groups is 1. The summed E-state index contributed by atoms with van der Waals surface area (Å²) < 4.78 is 0. The van der Waals surface area contributed by atoms with Gasteiger partial charge in [-0.05, 0) is 49.6 Å². The van der Waals surface area contributed by atoms with Gasteiger partial charge < -0.3 is 5.32 Å². The van der Waals surface area contributed by atoms with E-state index in [-0.39, 0.29) is 18.2 Å². The summed E-state index contributed by atoms with van der Waals surface area (Å²) in [5.74, 6) is -0.262. The lowest BCUT2D eigenvalue weighted by Gasteiger charge is -2.17. The first-order valence-corrected chi connectivity index (χ1v) is 11.8. The molecule has 0 radical (unpaired) electrons. The van der Waals surface area contributed by atoms with Crippen molar-refractivity contribution in [1.82, 2.24) is 4.90 Å². The highest BCUT2D eigenvalue weighted by atomic mass is 32.2. The van der Waals surface area contributed by atoms with Crippen LogP contribution in [-0.4, -0.2) is 27.1 Å². The highest BCUT2D eigenvalue weighted by Gasteiger charge is 2.39. The second kappa shape index (κ2) is 10.0. The summed E-state index contributed by atoms with van der Waals surface area (Å²) in [5, 5.41) is 3.13. The molecule has 1 fully saturated rings. The average Bonchev–Trinajstić information content (AvgIpc) is 3.06. The van der Waals surface area contributed by atoms with Crippen LogP contribution in [0.4, 0.5) is 11.4 Å². The Morgan fingerprint density at radius 2 is 1.58 bits per heavy atom. The smallest absolute Gasteiger partial charge is 0.242 e. The number of aryl methyl sites for hydroxylation is 3. The van der Waals surface area contributed by atoms with Crippen LogP contribution in [0.3, 0.4) is 0 Å². The van der Waals surface area contributed by atoms with Gasteiger partial charge in [0, 0.05) is 12.1 Å². The molecule has 0 aliphatic carbocycles. The van der Waals surface area contributed by atoms with Crippen molar-refractivity contribution in [2.45, 2.75) is 39.0 Å². The van der Waals surface area contributed by atoms with Gasteiger partial charge in [0.15, 0.2) is 5.17 Å². The molecule has 3 aromatic rings. The summed E-state index contributed by atoms with van der Waals surface area (Å²) in [7, 11) is 0. The molecule has 1 heterocycles. The monoisotopic (exact) mass is 457 g/mol. The van der Waals surface area contributed by atoms with Gasteiger partial charge in [-0.25, -0.2) is 4.99 Å². The van der Waals surface area contributed by atoms with Crippen LogP contribution in [0.2, 0.25) is 0 Å². The lowest BCUT2D eigenvalue weighted by Crippen LogP contribution is -2.33. The third-order valence-electron chi connectivity index (χ3n) is 5.50. The van der Waals surface area contributed by atoms with E-state index in [1.54, 1.807) is 4.90 Å². The number of amidine groups is 1. The number of rotatable bonds is 6. The van der Waals surface area contributed by atoms with Crippen molar-refractivity contribution in [3.63, 3.8) is 0 Å². The Balaban J connectivity index is 1.54. The molecule has 0 saturated carbocycles. The highest BCUT2D eigenvalue weighted by molar-refractivity contribution is 8.15. The topological polar surface area (TPSA) is 61.8 Å². The fourth-order valence-corrected chi connectivity index (χ4v) is 5.14. The number of para-hydroxylation sites is 1. The lowest BCUT2D eigenvalue weighted by atomic mass is 10.0. The van der Waals surface area contributed by atoms with Crippen molar-refractivity contribution in [1.29, 1.82) is 0 Å². The Bertz CT molecular complexity index is 1170. The maximum absolute atomic E-state index is 13.3. The predicted molar refractivity (Wildman–Crippen MR) is 136 cm³/mol. The number of aliphatic imine (C=N–C) groups is 1. The SMILES string of the molecule is Cc1cc(C)c(NC(=O)CC2SC(=Nc3ccccc3)N(Cc3ccccc3)C2=O)c(C)c1. The van der Waals surface area contributed by atoms with E-state index in [1.807, 2.05) is 93.6 Å². The van der Waals surface area contributed by atoms with Crippen molar-refractivity contribution in [2.75, 3.05) is 5.32 Å². The van der Waals surface area contributed by atoms with Crippen LogP contribution in [0.1, 0.15) is 28.7 Å². The minimum atomic E-state index is -0.512. The van der Waals surface area contributed by atoms with Gasteiger partial charge in [-0.1, -0.05) is 78.0 Å². The van der Waals surface area contributed by atoms with Crippen molar-refractivity contribution in [3.8, 4) is 0 Å². The molecule has 1 aliphatic rings. The van der Waals surface area contributed by atoms with E-state index >= 15 is 0 Å². The van der Waals surface area contributed by atoms with Crippen molar-refractivity contribution in [2.24, 2.45) is 4.99 Å². The van der Waals surface area contributed by atoms with Crippen LogP contribution in [0.5, 0.6) is 0 Å². The van der Waals surface area contributed by atoms with Gasteiger partial charge >= 0.3 is 0 Å². The Morgan fingerprint density at radius 3 is 2.21 bits per heavy atom. The minimum Gasteiger partial charge on any atom is -0.326 e. The van der Waals surface area contributed by atoms with E-state index in [0.29, 0.717) is 11.7 Å². The number of nitrogens with zero attached hydrogens (tertiary/aromatic N) is 2. The van der Waals surface area contributed by atoms with Crippen molar-refractivity contribution >= 4 is 40.1 Å². The molecule has 1 aliphatic heterocycles. The van der Waals surface area contributed by atoms with Crippen LogP contribution in [0.15, 0.2) is 77.8 Å². The molecule has 1 N–H and O–H groups in total. The number of benzene rings is 3. The number of hydrogen-bond donors (Lipinski definition) is 1. The molecule has 5 nitrogen and oxygen atoms in total. The number of nitrogens with one attached hydrogen (secondary N) is 1. The second-order valence-corrected chi connectivity index (χ2v) is 9.44. The number of carbonyl (C=O) groups excluding carboxylic acids is 2. The quantitative estimate of drug-likeness (QED) is 0.511. The molecule has 1 saturated heterocycles. The molecule has 0 bridgehead atoms.